The molecule has 2 aliphatic carbocycles. The van der Waals surface area contributed by atoms with Crippen molar-refractivity contribution in [2.45, 2.75) is 59.8 Å². The van der Waals surface area contributed by atoms with Gasteiger partial charge in [0.1, 0.15) is 0 Å². The molecule has 0 heterocycles. The third-order valence-corrected chi connectivity index (χ3v) is 5.82. The topological polar surface area (TPSA) is 20.2 Å². The SMILES string of the molecule is C[C@H]1CCC[C@@]2(C)C1CCC2C(C)(C)CO. The molecule has 16 heavy (non-hydrogen) atoms. The largest absolute Gasteiger partial charge is 0.396 e. The summed E-state index contributed by atoms with van der Waals surface area (Å²) in [6.45, 7) is 9.79. The normalized spacial score (nSPS) is 44.4. The van der Waals surface area contributed by atoms with E-state index in [-0.39, 0.29) is 5.41 Å². The molecule has 0 spiro atoms. The van der Waals surface area contributed by atoms with Crippen LogP contribution >= 0.6 is 0 Å². The molecule has 0 radical (unpaired) electrons. The summed E-state index contributed by atoms with van der Waals surface area (Å²) in [6.07, 6.45) is 6.93. The van der Waals surface area contributed by atoms with Gasteiger partial charge in [-0.05, 0) is 47.8 Å². The Bertz CT molecular complexity index is 258. The second-order valence-corrected chi connectivity index (χ2v) is 7.26. The van der Waals surface area contributed by atoms with E-state index in [0.717, 1.165) is 17.8 Å². The van der Waals surface area contributed by atoms with Crippen LogP contribution in [0, 0.1) is 28.6 Å². The highest BCUT2D eigenvalue weighted by molar-refractivity contribution is 5.03. The van der Waals surface area contributed by atoms with Crippen molar-refractivity contribution >= 4 is 0 Å². The molecule has 2 saturated carbocycles. The molecule has 2 aliphatic rings. The van der Waals surface area contributed by atoms with Crippen molar-refractivity contribution < 1.29 is 5.11 Å². The molecular formula is C15H28O. The van der Waals surface area contributed by atoms with Crippen LogP contribution in [0.4, 0.5) is 0 Å². The van der Waals surface area contributed by atoms with Crippen LogP contribution in [0.2, 0.25) is 0 Å². The number of hydrogen-bond donors (Lipinski definition) is 1. The van der Waals surface area contributed by atoms with Gasteiger partial charge in [0, 0.05) is 6.61 Å². The lowest BCUT2D eigenvalue weighted by Gasteiger charge is -2.48. The van der Waals surface area contributed by atoms with Crippen LogP contribution in [0.25, 0.3) is 0 Å². The standard InChI is InChI=1S/C15H28O/c1-11-6-5-9-15(4)12(11)7-8-13(15)14(2,3)10-16/h11-13,16H,5-10H2,1-4H3/t11-,12?,13?,15-/m0/s1. The number of aliphatic hydroxyl groups excluding tert-OH is 1. The molecule has 2 fully saturated rings. The summed E-state index contributed by atoms with van der Waals surface area (Å²) in [5.74, 6) is 2.54. The van der Waals surface area contributed by atoms with E-state index in [4.69, 9.17) is 0 Å². The smallest absolute Gasteiger partial charge is 0.0484 e. The van der Waals surface area contributed by atoms with E-state index in [2.05, 4.69) is 27.7 Å². The molecule has 2 unspecified atom stereocenters. The second-order valence-electron chi connectivity index (χ2n) is 7.26. The highest BCUT2D eigenvalue weighted by atomic mass is 16.3. The van der Waals surface area contributed by atoms with Gasteiger partial charge < -0.3 is 5.11 Å². The molecule has 0 aromatic heterocycles. The Morgan fingerprint density at radius 3 is 2.56 bits per heavy atom. The zero-order valence-corrected chi connectivity index (χ0v) is 11.4. The van der Waals surface area contributed by atoms with Gasteiger partial charge in [-0.3, -0.25) is 0 Å². The molecule has 1 N–H and O–H groups in total. The Morgan fingerprint density at radius 1 is 1.25 bits per heavy atom. The van der Waals surface area contributed by atoms with Crippen molar-refractivity contribution in [2.24, 2.45) is 28.6 Å². The van der Waals surface area contributed by atoms with Crippen molar-refractivity contribution in [3.8, 4) is 0 Å². The van der Waals surface area contributed by atoms with Crippen LogP contribution in [0.3, 0.4) is 0 Å². The number of hydrogen-bond acceptors (Lipinski definition) is 1. The molecule has 1 heteroatoms. The molecule has 2 rings (SSSR count). The van der Waals surface area contributed by atoms with Crippen LogP contribution in [-0.4, -0.2) is 11.7 Å². The maximum atomic E-state index is 9.63. The zero-order chi connectivity index (χ0) is 12.0. The van der Waals surface area contributed by atoms with Gasteiger partial charge in [-0.2, -0.15) is 0 Å². The maximum absolute atomic E-state index is 9.63. The fourth-order valence-corrected chi connectivity index (χ4v) is 4.96. The van der Waals surface area contributed by atoms with Crippen molar-refractivity contribution in [3.05, 3.63) is 0 Å². The van der Waals surface area contributed by atoms with Gasteiger partial charge in [-0.1, -0.05) is 40.5 Å². The highest BCUT2D eigenvalue weighted by Gasteiger charge is 2.54. The summed E-state index contributed by atoms with van der Waals surface area (Å²) in [5.41, 5.74) is 0.616. The summed E-state index contributed by atoms with van der Waals surface area (Å²) in [7, 11) is 0. The Kier molecular flexibility index (Phi) is 3.11. The molecule has 94 valence electrons. The third-order valence-electron chi connectivity index (χ3n) is 5.82. The van der Waals surface area contributed by atoms with Crippen molar-refractivity contribution in [1.82, 2.24) is 0 Å². The Balaban J connectivity index is 2.24. The van der Waals surface area contributed by atoms with Crippen molar-refractivity contribution in [2.75, 3.05) is 6.61 Å². The lowest BCUT2D eigenvalue weighted by Crippen LogP contribution is -2.43. The minimum Gasteiger partial charge on any atom is -0.396 e. The van der Waals surface area contributed by atoms with E-state index in [0.29, 0.717) is 12.0 Å². The number of aliphatic hydroxyl groups is 1. The van der Waals surface area contributed by atoms with E-state index in [1.165, 1.54) is 32.1 Å². The average molecular weight is 224 g/mol. The molecule has 0 bridgehead atoms. The Morgan fingerprint density at radius 2 is 1.94 bits per heavy atom. The van der Waals surface area contributed by atoms with Gasteiger partial charge in [-0.25, -0.2) is 0 Å². The van der Waals surface area contributed by atoms with Gasteiger partial charge in [0.2, 0.25) is 0 Å². The van der Waals surface area contributed by atoms with E-state index in [1.807, 2.05) is 0 Å². The molecule has 1 nitrogen and oxygen atoms in total. The summed E-state index contributed by atoms with van der Waals surface area (Å²) >= 11 is 0. The third kappa shape index (κ3) is 1.72. The Labute approximate surface area is 101 Å². The van der Waals surface area contributed by atoms with E-state index < -0.39 is 0 Å². The van der Waals surface area contributed by atoms with Gasteiger partial charge in [0.25, 0.3) is 0 Å². The first kappa shape index (κ1) is 12.4. The van der Waals surface area contributed by atoms with Crippen LogP contribution in [0.15, 0.2) is 0 Å². The first-order valence-corrected chi connectivity index (χ1v) is 7.02. The quantitative estimate of drug-likeness (QED) is 0.755. The van der Waals surface area contributed by atoms with Gasteiger partial charge >= 0.3 is 0 Å². The first-order chi connectivity index (χ1) is 7.42. The molecule has 0 aromatic rings. The fraction of sp³-hybridized carbons (Fsp3) is 1.00. The van der Waals surface area contributed by atoms with E-state index >= 15 is 0 Å². The van der Waals surface area contributed by atoms with Crippen molar-refractivity contribution in [1.29, 1.82) is 0 Å². The molecular weight excluding hydrogens is 196 g/mol. The summed E-state index contributed by atoms with van der Waals surface area (Å²) in [6, 6.07) is 0. The van der Waals surface area contributed by atoms with E-state index in [1.54, 1.807) is 0 Å². The fourth-order valence-electron chi connectivity index (χ4n) is 4.96. The minimum atomic E-state index is 0.112. The predicted molar refractivity (Wildman–Crippen MR) is 68.2 cm³/mol. The van der Waals surface area contributed by atoms with Gasteiger partial charge in [-0.15, -0.1) is 0 Å². The molecule has 4 atom stereocenters. The summed E-state index contributed by atoms with van der Waals surface area (Å²) < 4.78 is 0. The summed E-state index contributed by atoms with van der Waals surface area (Å²) in [4.78, 5) is 0. The molecule has 0 amide bonds. The number of rotatable bonds is 2. The molecule has 0 saturated heterocycles. The lowest BCUT2D eigenvalue weighted by atomic mass is 9.57. The number of fused-ring (bicyclic) bond motifs is 1. The monoisotopic (exact) mass is 224 g/mol. The summed E-state index contributed by atoms with van der Waals surface area (Å²) in [5, 5.41) is 9.63. The van der Waals surface area contributed by atoms with Gasteiger partial charge in [0.15, 0.2) is 0 Å². The van der Waals surface area contributed by atoms with Gasteiger partial charge in [0.05, 0.1) is 0 Å². The molecule has 0 aromatic carbocycles. The van der Waals surface area contributed by atoms with Crippen LogP contribution in [-0.2, 0) is 0 Å². The highest BCUT2D eigenvalue weighted by Crippen LogP contribution is 2.61. The predicted octanol–water partition coefficient (Wildman–Crippen LogP) is 3.86. The Hall–Kier alpha value is -0.0400. The second kappa shape index (κ2) is 4.01. The maximum Gasteiger partial charge on any atom is 0.0484 e. The average Bonchev–Trinajstić information content (AvgIpc) is 2.57. The van der Waals surface area contributed by atoms with Crippen molar-refractivity contribution in [3.63, 3.8) is 0 Å². The minimum absolute atomic E-state index is 0.112. The van der Waals surface area contributed by atoms with Crippen LogP contribution in [0.5, 0.6) is 0 Å². The van der Waals surface area contributed by atoms with Crippen LogP contribution < -0.4 is 0 Å². The first-order valence-electron chi connectivity index (χ1n) is 7.02. The molecule has 0 aliphatic heterocycles. The lowest BCUT2D eigenvalue weighted by molar-refractivity contribution is -0.0198. The van der Waals surface area contributed by atoms with E-state index in [9.17, 15) is 5.11 Å². The zero-order valence-electron chi connectivity index (χ0n) is 11.4. The van der Waals surface area contributed by atoms with Crippen LogP contribution in [0.1, 0.15) is 59.8 Å².